The number of unbranched alkanes of at least 4 members (excludes halogenated alkanes) is 1. The van der Waals surface area contributed by atoms with Crippen molar-refractivity contribution in [1.29, 1.82) is 10.5 Å². The predicted molar refractivity (Wildman–Crippen MR) is 115 cm³/mol. The van der Waals surface area contributed by atoms with E-state index in [0.29, 0.717) is 34.4 Å². The lowest BCUT2D eigenvalue weighted by molar-refractivity contribution is 0.304. The molecule has 0 aromatic heterocycles. The van der Waals surface area contributed by atoms with Crippen molar-refractivity contribution in [2.75, 3.05) is 11.5 Å². The van der Waals surface area contributed by atoms with Crippen molar-refractivity contribution in [1.82, 2.24) is 0 Å². The molecule has 1 aliphatic rings. The van der Waals surface area contributed by atoms with Gasteiger partial charge in [0.05, 0.1) is 11.3 Å². The Morgan fingerprint density at radius 3 is 2.28 bits per heavy atom. The zero-order chi connectivity index (χ0) is 20.8. The topological polar surface area (TPSA) is 109 Å². The van der Waals surface area contributed by atoms with Gasteiger partial charge in [0.1, 0.15) is 23.5 Å². The van der Waals surface area contributed by atoms with Crippen molar-refractivity contribution < 1.29 is 4.74 Å². The standard InChI is InChI=1S/C24H28N4O/c1-2-3-4-16-5-7-17(8-6-16)19-10-12-23(21(15-26)20(19)14-25)29-24-11-9-18(27)13-22(24)28/h9-13,16-17H,2-8,27-28H2,1H3. The van der Waals surface area contributed by atoms with E-state index in [2.05, 4.69) is 19.1 Å². The van der Waals surface area contributed by atoms with Gasteiger partial charge in [-0.2, -0.15) is 10.5 Å². The largest absolute Gasteiger partial charge is 0.454 e. The van der Waals surface area contributed by atoms with Gasteiger partial charge < -0.3 is 16.2 Å². The lowest BCUT2D eigenvalue weighted by atomic mass is 9.75. The number of nitrogens with two attached hydrogens (primary N) is 2. The summed E-state index contributed by atoms with van der Waals surface area (Å²) in [5.74, 6) is 1.89. The van der Waals surface area contributed by atoms with Crippen LogP contribution in [0.4, 0.5) is 11.4 Å². The highest BCUT2D eigenvalue weighted by molar-refractivity contribution is 5.64. The summed E-state index contributed by atoms with van der Waals surface area (Å²) in [5, 5.41) is 19.6. The van der Waals surface area contributed by atoms with Gasteiger partial charge in [0.15, 0.2) is 5.75 Å². The smallest absolute Gasteiger partial charge is 0.150 e. The first-order chi connectivity index (χ1) is 14.1. The summed E-state index contributed by atoms with van der Waals surface area (Å²) in [7, 11) is 0. The van der Waals surface area contributed by atoms with Crippen molar-refractivity contribution >= 4 is 11.4 Å². The van der Waals surface area contributed by atoms with Crippen molar-refractivity contribution in [2.45, 2.75) is 57.8 Å². The lowest BCUT2D eigenvalue weighted by Gasteiger charge is -2.29. The second-order valence-electron chi connectivity index (χ2n) is 7.89. The summed E-state index contributed by atoms with van der Waals surface area (Å²) in [6.07, 6.45) is 8.35. The first-order valence-corrected chi connectivity index (χ1v) is 10.4. The third-order valence-corrected chi connectivity index (χ3v) is 5.93. The number of nitriles is 2. The molecule has 0 amide bonds. The minimum Gasteiger partial charge on any atom is -0.454 e. The molecule has 5 nitrogen and oxygen atoms in total. The number of ether oxygens (including phenoxy) is 1. The molecule has 1 fully saturated rings. The fourth-order valence-electron chi connectivity index (χ4n) is 4.29. The van der Waals surface area contributed by atoms with Crippen LogP contribution in [-0.4, -0.2) is 0 Å². The predicted octanol–water partition coefficient (Wildman–Crippen LogP) is 5.85. The second-order valence-corrected chi connectivity index (χ2v) is 7.89. The number of rotatable bonds is 6. The summed E-state index contributed by atoms with van der Waals surface area (Å²) in [6.45, 7) is 2.23. The molecule has 1 aliphatic carbocycles. The van der Waals surface area contributed by atoms with Crippen LogP contribution in [0.25, 0.3) is 0 Å². The summed E-state index contributed by atoms with van der Waals surface area (Å²) >= 11 is 0. The van der Waals surface area contributed by atoms with Crippen LogP contribution >= 0.6 is 0 Å². The van der Waals surface area contributed by atoms with Crippen LogP contribution in [0, 0.1) is 28.6 Å². The van der Waals surface area contributed by atoms with Crippen molar-refractivity contribution in [3.05, 3.63) is 47.0 Å². The molecule has 0 saturated heterocycles. The van der Waals surface area contributed by atoms with Gasteiger partial charge in [-0.25, -0.2) is 0 Å². The van der Waals surface area contributed by atoms with Gasteiger partial charge in [0.25, 0.3) is 0 Å². The van der Waals surface area contributed by atoms with E-state index in [9.17, 15) is 10.5 Å². The molecule has 0 unspecified atom stereocenters. The molecule has 4 N–H and O–H groups in total. The van der Waals surface area contributed by atoms with Gasteiger partial charge in [-0.15, -0.1) is 0 Å². The first kappa shape index (κ1) is 20.6. The molecule has 5 heteroatoms. The van der Waals surface area contributed by atoms with E-state index in [1.807, 2.05) is 6.07 Å². The summed E-state index contributed by atoms with van der Waals surface area (Å²) in [5.41, 5.74) is 14.3. The zero-order valence-electron chi connectivity index (χ0n) is 16.9. The monoisotopic (exact) mass is 388 g/mol. The van der Waals surface area contributed by atoms with E-state index >= 15 is 0 Å². The molecule has 1 saturated carbocycles. The SMILES string of the molecule is CCCCC1CCC(c2ccc(Oc3ccc(N)cc3N)c(C#N)c2C#N)CC1. The van der Waals surface area contributed by atoms with Crippen LogP contribution in [0.1, 0.15) is 74.5 Å². The van der Waals surface area contributed by atoms with Crippen LogP contribution in [-0.2, 0) is 0 Å². The first-order valence-electron chi connectivity index (χ1n) is 10.4. The average Bonchev–Trinajstić information content (AvgIpc) is 2.74. The highest BCUT2D eigenvalue weighted by Crippen LogP contribution is 2.41. The molecule has 0 spiro atoms. The van der Waals surface area contributed by atoms with E-state index in [0.717, 1.165) is 24.3 Å². The third kappa shape index (κ3) is 4.63. The fourth-order valence-corrected chi connectivity index (χ4v) is 4.29. The van der Waals surface area contributed by atoms with Crippen LogP contribution in [0.2, 0.25) is 0 Å². The molecule has 2 aromatic carbocycles. The minimum absolute atomic E-state index is 0.273. The van der Waals surface area contributed by atoms with Crippen molar-refractivity contribution in [3.63, 3.8) is 0 Å². The molecule has 0 aliphatic heterocycles. The number of hydrogen-bond donors (Lipinski definition) is 2. The highest BCUT2D eigenvalue weighted by atomic mass is 16.5. The van der Waals surface area contributed by atoms with Crippen LogP contribution < -0.4 is 16.2 Å². The molecule has 2 aromatic rings. The van der Waals surface area contributed by atoms with Crippen LogP contribution in [0.3, 0.4) is 0 Å². The average molecular weight is 389 g/mol. The Hall–Kier alpha value is -3.18. The van der Waals surface area contributed by atoms with E-state index in [4.69, 9.17) is 16.2 Å². The Labute approximate surface area is 172 Å². The Bertz CT molecular complexity index is 947. The van der Waals surface area contributed by atoms with Gasteiger partial charge in [0, 0.05) is 5.69 Å². The molecular formula is C24H28N4O. The number of nitrogen functional groups attached to an aromatic ring is 2. The molecule has 0 atom stereocenters. The van der Waals surface area contributed by atoms with Crippen LogP contribution in [0.15, 0.2) is 30.3 Å². The second kappa shape index (κ2) is 9.34. The highest BCUT2D eigenvalue weighted by Gasteiger charge is 2.26. The fraction of sp³-hybridized carbons (Fsp3) is 0.417. The normalized spacial score (nSPS) is 18.6. The molecule has 3 rings (SSSR count). The maximum absolute atomic E-state index is 9.81. The van der Waals surface area contributed by atoms with E-state index < -0.39 is 0 Å². The maximum atomic E-state index is 9.81. The van der Waals surface area contributed by atoms with Gasteiger partial charge in [-0.05, 0) is 67.3 Å². The van der Waals surface area contributed by atoms with Gasteiger partial charge >= 0.3 is 0 Å². The summed E-state index contributed by atoms with van der Waals surface area (Å²) < 4.78 is 5.88. The Kier molecular flexibility index (Phi) is 6.62. The number of hydrogen-bond acceptors (Lipinski definition) is 5. The number of anilines is 2. The van der Waals surface area contributed by atoms with E-state index in [1.165, 1.54) is 32.1 Å². The van der Waals surface area contributed by atoms with E-state index in [1.54, 1.807) is 24.3 Å². The Balaban J connectivity index is 1.84. The van der Waals surface area contributed by atoms with E-state index in [-0.39, 0.29) is 5.56 Å². The van der Waals surface area contributed by atoms with Crippen LogP contribution in [0.5, 0.6) is 11.5 Å². The maximum Gasteiger partial charge on any atom is 0.150 e. The Morgan fingerprint density at radius 2 is 1.66 bits per heavy atom. The molecule has 29 heavy (non-hydrogen) atoms. The molecule has 0 heterocycles. The van der Waals surface area contributed by atoms with Crippen molar-refractivity contribution in [2.24, 2.45) is 5.92 Å². The Morgan fingerprint density at radius 1 is 0.966 bits per heavy atom. The number of nitrogens with zero attached hydrogens (tertiary/aromatic N) is 2. The number of benzene rings is 2. The zero-order valence-corrected chi connectivity index (χ0v) is 16.9. The molecular weight excluding hydrogens is 360 g/mol. The van der Waals surface area contributed by atoms with Gasteiger partial charge in [-0.3, -0.25) is 0 Å². The quantitative estimate of drug-likeness (QED) is 0.603. The summed E-state index contributed by atoms with van der Waals surface area (Å²) in [6, 6.07) is 13.1. The minimum atomic E-state index is 0.273. The molecule has 150 valence electrons. The summed E-state index contributed by atoms with van der Waals surface area (Å²) in [4.78, 5) is 0. The van der Waals surface area contributed by atoms with Gasteiger partial charge in [0.2, 0.25) is 0 Å². The molecule has 0 radical (unpaired) electrons. The lowest BCUT2D eigenvalue weighted by Crippen LogP contribution is -2.15. The third-order valence-electron chi connectivity index (χ3n) is 5.93. The van der Waals surface area contributed by atoms with Gasteiger partial charge in [-0.1, -0.05) is 32.3 Å². The molecule has 0 bridgehead atoms. The van der Waals surface area contributed by atoms with Crippen molar-refractivity contribution in [3.8, 4) is 23.6 Å².